The maximum Gasteiger partial charge on any atom is 0.234 e. The van der Waals surface area contributed by atoms with Crippen LogP contribution in [0.2, 0.25) is 0 Å². The molecule has 1 atom stereocenters. The van der Waals surface area contributed by atoms with Crippen molar-refractivity contribution >= 4 is 5.91 Å². The van der Waals surface area contributed by atoms with Gasteiger partial charge in [-0.15, -0.1) is 0 Å². The number of carbonyl (C=O) groups is 1. The minimum absolute atomic E-state index is 0.106. The first-order chi connectivity index (χ1) is 9.67. The number of amides is 1. The Bertz CT molecular complexity index is 431. The molecule has 4 heteroatoms. The molecule has 1 aromatic carbocycles. The summed E-state index contributed by atoms with van der Waals surface area (Å²) in [6, 6.07) is 7.77. The predicted molar refractivity (Wildman–Crippen MR) is 79.7 cm³/mol. The molecule has 1 fully saturated rings. The molecule has 0 unspecified atom stereocenters. The number of piperidine rings is 1. The molecule has 1 aliphatic heterocycles. The van der Waals surface area contributed by atoms with Gasteiger partial charge in [0.15, 0.2) is 0 Å². The Morgan fingerprint density at radius 1 is 1.40 bits per heavy atom. The monoisotopic (exact) mass is 276 g/mol. The summed E-state index contributed by atoms with van der Waals surface area (Å²) in [5.74, 6) is 1.65. The van der Waals surface area contributed by atoms with Gasteiger partial charge in [0.25, 0.3) is 0 Å². The molecule has 1 aliphatic rings. The van der Waals surface area contributed by atoms with Gasteiger partial charge in [-0.25, -0.2) is 0 Å². The maximum absolute atomic E-state index is 11.9. The van der Waals surface area contributed by atoms with Crippen LogP contribution in [0.15, 0.2) is 24.3 Å². The lowest BCUT2D eigenvalue weighted by molar-refractivity contribution is -0.122. The van der Waals surface area contributed by atoms with E-state index in [0.717, 1.165) is 24.4 Å². The molecule has 4 nitrogen and oxygen atoms in total. The van der Waals surface area contributed by atoms with Crippen LogP contribution in [-0.4, -0.2) is 37.6 Å². The molecule has 1 saturated heterocycles. The van der Waals surface area contributed by atoms with E-state index in [2.05, 4.69) is 17.1 Å². The molecule has 1 N–H and O–H groups in total. The van der Waals surface area contributed by atoms with E-state index in [4.69, 9.17) is 4.74 Å². The third kappa shape index (κ3) is 4.53. The molecule has 2 rings (SSSR count). The van der Waals surface area contributed by atoms with Crippen molar-refractivity contribution < 1.29 is 9.53 Å². The molecule has 0 aromatic heterocycles. The van der Waals surface area contributed by atoms with E-state index >= 15 is 0 Å². The molecule has 0 radical (unpaired) electrons. The normalized spacial score (nSPS) is 19.6. The number of likely N-dealkylation sites (tertiary alicyclic amines) is 1. The number of methoxy groups -OCH3 is 1. The van der Waals surface area contributed by atoms with Crippen LogP contribution in [-0.2, 0) is 11.3 Å². The van der Waals surface area contributed by atoms with Gasteiger partial charge in [0, 0.05) is 13.1 Å². The zero-order valence-electron chi connectivity index (χ0n) is 12.4. The molecular weight excluding hydrogens is 252 g/mol. The Morgan fingerprint density at radius 2 is 2.15 bits per heavy atom. The minimum Gasteiger partial charge on any atom is -0.497 e. The Labute approximate surface area is 121 Å². The van der Waals surface area contributed by atoms with Gasteiger partial charge in [-0.05, 0) is 43.0 Å². The Kier molecular flexibility index (Phi) is 5.41. The lowest BCUT2D eigenvalue weighted by atomic mass is 10.0. The van der Waals surface area contributed by atoms with Crippen LogP contribution in [0, 0.1) is 5.92 Å². The van der Waals surface area contributed by atoms with Crippen molar-refractivity contribution in [3.8, 4) is 5.75 Å². The molecule has 1 aromatic rings. The topological polar surface area (TPSA) is 41.6 Å². The van der Waals surface area contributed by atoms with Crippen molar-refractivity contribution in [3.63, 3.8) is 0 Å². The SMILES string of the molecule is COc1ccc(CNC(=O)CN2CCC[C@H](C)C2)cc1. The molecule has 110 valence electrons. The summed E-state index contributed by atoms with van der Waals surface area (Å²) >= 11 is 0. The van der Waals surface area contributed by atoms with E-state index in [0.29, 0.717) is 19.0 Å². The van der Waals surface area contributed by atoms with Gasteiger partial charge >= 0.3 is 0 Å². The van der Waals surface area contributed by atoms with Crippen molar-refractivity contribution in [2.45, 2.75) is 26.3 Å². The number of ether oxygens (including phenoxy) is 1. The first-order valence-corrected chi connectivity index (χ1v) is 7.29. The van der Waals surface area contributed by atoms with Crippen LogP contribution < -0.4 is 10.1 Å². The van der Waals surface area contributed by atoms with E-state index in [9.17, 15) is 4.79 Å². The zero-order valence-corrected chi connectivity index (χ0v) is 12.4. The minimum atomic E-state index is 0.106. The van der Waals surface area contributed by atoms with Gasteiger partial charge in [0.05, 0.1) is 13.7 Å². The van der Waals surface area contributed by atoms with E-state index < -0.39 is 0 Å². The predicted octanol–water partition coefficient (Wildman–Crippen LogP) is 2.04. The average Bonchev–Trinajstić information content (AvgIpc) is 2.46. The summed E-state index contributed by atoms with van der Waals surface area (Å²) in [6.45, 7) is 5.42. The van der Waals surface area contributed by atoms with E-state index in [1.54, 1.807) is 7.11 Å². The van der Waals surface area contributed by atoms with Crippen molar-refractivity contribution in [1.82, 2.24) is 10.2 Å². The number of nitrogens with zero attached hydrogens (tertiary/aromatic N) is 1. The second-order valence-electron chi connectivity index (χ2n) is 5.61. The van der Waals surface area contributed by atoms with Gasteiger partial charge in [-0.3, -0.25) is 9.69 Å². The van der Waals surface area contributed by atoms with E-state index in [-0.39, 0.29) is 5.91 Å². The lowest BCUT2D eigenvalue weighted by Gasteiger charge is -2.30. The highest BCUT2D eigenvalue weighted by molar-refractivity contribution is 5.78. The fourth-order valence-electron chi connectivity index (χ4n) is 2.63. The van der Waals surface area contributed by atoms with Crippen LogP contribution in [0.5, 0.6) is 5.75 Å². The number of nitrogens with one attached hydrogen (secondary N) is 1. The summed E-state index contributed by atoms with van der Waals surface area (Å²) in [7, 11) is 1.65. The molecule has 20 heavy (non-hydrogen) atoms. The largest absolute Gasteiger partial charge is 0.497 e. The molecule has 0 aliphatic carbocycles. The van der Waals surface area contributed by atoms with Gasteiger partial charge in [0.2, 0.25) is 5.91 Å². The average molecular weight is 276 g/mol. The molecule has 1 heterocycles. The Hall–Kier alpha value is -1.55. The molecule has 0 saturated carbocycles. The van der Waals surface area contributed by atoms with Crippen molar-refractivity contribution in [2.75, 3.05) is 26.7 Å². The van der Waals surface area contributed by atoms with Crippen LogP contribution in [0.1, 0.15) is 25.3 Å². The first-order valence-electron chi connectivity index (χ1n) is 7.29. The summed E-state index contributed by atoms with van der Waals surface area (Å²) < 4.78 is 5.11. The molecule has 0 spiro atoms. The van der Waals surface area contributed by atoms with Crippen molar-refractivity contribution in [2.24, 2.45) is 5.92 Å². The van der Waals surface area contributed by atoms with Gasteiger partial charge < -0.3 is 10.1 Å². The van der Waals surface area contributed by atoms with Crippen LogP contribution in [0.25, 0.3) is 0 Å². The summed E-state index contributed by atoms with van der Waals surface area (Å²) in [6.07, 6.45) is 2.48. The summed E-state index contributed by atoms with van der Waals surface area (Å²) in [5.41, 5.74) is 1.09. The Balaban J connectivity index is 1.73. The number of hydrogen-bond donors (Lipinski definition) is 1. The van der Waals surface area contributed by atoms with Crippen LogP contribution in [0.4, 0.5) is 0 Å². The quantitative estimate of drug-likeness (QED) is 0.895. The van der Waals surface area contributed by atoms with E-state index in [1.807, 2.05) is 24.3 Å². The van der Waals surface area contributed by atoms with Crippen molar-refractivity contribution in [3.05, 3.63) is 29.8 Å². The summed E-state index contributed by atoms with van der Waals surface area (Å²) in [4.78, 5) is 14.2. The highest BCUT2D eigenvalue weighted by atomic mass is 16.5. The standard InChI is InChI=1S/C16H24N2O2/c1-13-4-3-9-18(11-13)12-16(19)17-10-14-5-7-15(20-2)8-6-14/h5-8,13H,3-4,9-12H2,1-2H3,(H,17,19)/t13-/m0/s1. The smallest absolute Gasteiger partial charge is 0.234 e. The fraction of sp³-hybridized carbons (Fsp3) is 0.562. The Morgan fingerprint density at radius 3 is 2.80 bits per heavy atom. The number of benzene rings is 1. The second-order valence-corrected chi connectivity index (χ2v) is 5.61. The second kappa shape index (κ2) is 7.29. The maximum atomic E-state index is 11.9. The van der Waals surface area contributed by atoms with Crippen LogP contribution in [0.3, 0.4) is 0 Å². The molecule has 1 amide bonds. The summed E-state index contributed by atoms with van der Waals surface area (Å²) in [5, 5.41) is 2.98. The van der Waals surface area contributed by atoms with Crippen molar-refractivity contribution in [1.29, 1.82) is 0 Å². The third-order valence-electron chi connectivity index (χ3n) is 3.76. The molecule has 0 bridgehead atoms. The van der Waals surface area contributed by atoms with Crippen LogP contribution >= 0.6 is 0 Å². The number of rotatable bonds is 5. The first kappa shape index (κ1) is 14.9. The third-order valence-corrected chi connectivity index (χ3v) is 3.76. The number of hydrogen-bond acceptors (Lipinski definition) is 3. The zero-order chi connectivity index (χ0) is 14.4. The fourth-order valence-corrected chi connectivity index (χ4v) is 2.63. The lowest BCUT2D eigenvalue weighted by Crippen LogP contribution is -2.41. The highest BCUT2D eigenvalue weighted by Gasteiger charge is 2.18. The highest BCUT2D eigenvalue weighted by Crippen LogP contribution is 2.15. The number of carbonyl (C=O) groups excluding carboxylic acids is 1. The van der Waals surface area contributed by atoms with E-state index in [1.165, 1.54) is 12.8 Å². The molecular formula is C16H24N2O2. The van der Waals surface area contributed by atoms with Gasteiger partial charge in [-0.2, -0.15) is 0 Å². The van der Waals surface area contributed by atoms with Gasteiger partial charge in [0.1, 0.15) is 5.75 Å². The van der Waals surface area contributed by atoms with Gasteiger partial charge in [-0.1, -0.05) is 19.1 Å².